The maximum Gasteiger partial charge on any atom is 0.446 e. The predicted molar refractivity (Wildman–Crippen MR) is 56.4 cm³/mol. The summed E-state index contributed by atoms with van der Waals surface area (Å²) in [5.41, 5.74) is -3.94. The molecule has 0 radical (unpaired) electrons. The molecule has 0 bridgehead atoms. The number of carbonyl (C=O) groups is 1. The Morgan fingerprint density at radius 1 is 1.31 bits per heavy atom. The molecule has 0 saturated carbocycles. The van der Waals surface area contributed by atoms with Crippen molar-refractivity contribution in [1.82, 2.24) is 5.32 Å². The van der Waals surface area contributed by atoms with Crippen molar-refractivity contribution in [3.05, 3.63) is 29.8 Å². The fraction of sp³-hybridized carbons (Fsp3) is 0.300. The summed E-state index contributed by atoms with van der Waals surface area (Å²) in [4.78, 5) is 11.4. The second-order valence-electron chi connectivity index (χ2n) is 2.93. The lowest BCUT2D eigenvalue weighted by molar-refractivity contribution is -0.0328. The molecule has 1 rings (SSSR count). The molecule has 1 N–H and O–H groups in total. The minimum Gasteiger partial charge on any atom is -0.352 e. The zero-order chi connectivity index (χ0) is 12.2. The van der Waals surface area contributed by atoms with Gasteiger partial charge in [0, 0.05) is 17.0 Å². The molecule has 16 heavy (non-hydrogen) atoms. The number of thioether (sulfide) groups is 1. The maximum absolute atomic E-state index is 12.0. The first kappa shape index (κ1) is 12.9. The van der Waals surface area contributed by atoms with Crippen molar-refractivity contribution in [3.8, 4) is 0 Å². The number of hydrogen-bond acceptors (Lipinski definition) is 2. The highest BCUT2D eigenvalue weighted by molar-refractivity contribution is 8.00. The quantitative estimate of drug-likeness (QED) is 0.834. The summed E-state index contributed by atoms with van der Waals surface area (Å²) in [5, 5.41) is 2.56. The van der Waals surface area contributed by atoms with Gasteiger partial charge in [-0.05, 0) is 43.0 Å². The first-order valence-corrected chi connectivity index (χ1v) is 5.38. The van der Waals surface area contributed by atoms with E-state index in [1.54, 1.807) is 6.92 Å². The molecule has 0 saturated heterocycles. The molecule has 0 aliphatic carbocycles. The molecule has 0 aliphatic heterocycles. The topological polar surface area (TPSA) is 29.1 Å². The van der Waals surface area contributed by atoms with Crippen LogP contribution in [-0.4, -0.2) is 18.0 Å². The lowest BCUT2D eigenvalue weighted by Gasteiger charge is -2.06. The van der Waals surface area contributed by atoms with E-state index < -0.39 is 5.51 Å². The zero-order valence-corrected chi connectivity index (χ0v) is 9.28. The van der Waals surface area contributed by atoms with Gasteiger partial charge in [0.25, 0.3) is 5.91 Å². The molecule has 1 aromatic carbocycles. The van der Waals surface area contributed by atoms with Crippen LogP contribution >= 0.6 is 11.8 Å². The van der Waals surface area contributed by atoms with Crippen molar-refractivity contribution in [2.45, 2.75) is 17.3 Å². The van der Waals surface area contributed by atoms with Crippen LogP contribution in [0.5, 0.6) is 0 Å². The molecule has 88 valence electrons. The Labute approximate surface area is 95.2 Å². The van der Waals surface area contributed by atoms with Crippen molar-refractivity contribution in [3.63, 3.8) is 0 Å². The average molecular weight is 249 g/mol. The monoisotopic (exact) mass is 249 g/mol. The summed E-state index contributed by atoms with van der Waals surface area (Å²) in [7, 11) is 0. The lowest BCUT2D eigenvalue weighted by Crippen LogP contribution is -2.22. The number of alkyl halides is 3. The minimum atomic E-state index is -4.30. The van der Waals surface area contributed by atoms with Gasteiger partial charge in [0.2, 0.25) is 0 Å². The summed E-state index contributed by atoms with van der Waals surface area (Å²) < 4.78 is 36.0. The number of halogens is 3. The van der Waals surface area contributed by atoms with Gasteiger partial charge in [-0.15, -0.1) is 0 Å². The molecule has 0 unspecified atom stereocenters. The number of amides is 1. The van der Waals surface area contributed by atoms with Crippen molar-refractivity contribution < 1.29 is 18.0 Å². The van der Waals surface area contributed by atoms with Crippen molar-refractivity contribution >= 4 is 17.7 Å². The van der Waals surface area contributed by atoms with Crippen molar-refractivity contribution in [1.29, 1.82) is 0 Å². The Kier molecular flexibility index (Phi) is 4.23. The molecule has 0 aliphatic rings. The first-order chi connectivity index (χ1) is 7.42. The second kappa shape index (κ2) is 5.25. The van der Waals surface area contributed by atoms with Crippen LogP contribution in [0.25, 0.3) is 0 Å². The maximum atomic E-state index is 12.0. The highest BCUT2D eigenvalue weighted by atomic mass is 32.2. The Balaban J connectivity index is 2.72. The van der Waals surface area contributed by atoms with E-state index >= 15 is 0 Å². The van der Waals surface area contributed by atoms with Crippen LogP contribution in [-0.2, 0) is 0 Å². The van der Waals surface area contributed by atoms with Gasteiger partial charge in [0.1, 0.15) is 0 Å². The van der Waals surface area contributed by atoms with Gasteiger partial charge >= 0.3 is 5.51 Å². The van der Waals surface area contributed by atoms with E-state index in [1.165, 1.54) is 24.3 Å². The third-order valence-electron chi connectivity index (χ3n) is 1.69. The van der Waals surface area contributed by atoms with Gasteiger partial charge in [-0.1, -0.05) is 0 Å². The van der Waals surface area contributed by atoms with E-state index in [4.69, 9.17) is 0 Å². The Bertz CT molecular complexity index is 361. The van der Waals surface area contributed by atoms with E-state index in [1.807, 2.05) is 0 Å². The second-order valence-corrected chi connectivity index (χ2v) is 4.07. The van der Waals surface area contributed by atoms with E-state index in [0.717, 1.165) is 0 Å². The van der Waals surface area contributed by atoms with Gasteiger partial charge in [0.05, 0.1) is 0 Å². The summed E-state index contributed by atoms with van der Waals surface area (Å²) in [6.07, 6.45) is 0. The molecule has 0 heterocycles. The molecule has 1 aromatic rings. The largest absolute Gasteiger partial charge is 0.446 e. The van der Waals surface area contributed by atoms with E-state index in [-0.39, 0.29) is 22.6 Å². The highest BCUT2D eigenvalue weighted by Gasteiger charge is 2.29. The molecular formula is C10H10F3NOS. The summed E-state index contributed by atoms with van der Waals surface area (Å²) >= 11 is -0.197. The fourth-order valence-electron chi connectivity index (χ4n) is 1.07. The van der Waals surface area contributed by atoms with Gasteiger partial charge in [0.15, 0.2) is 0 Å². The van der Waals surface area contributed by atoms with E-state index in [2.05, 4.69) is 5.32 Å². The van der Waals surface area contributed by atoms with E-state index in [0.29, 0.717) is 12.1 Å². The minimum absolute atomic E-state index is 0.0700. The molecule has 6 heteroatoms. The summed E-state index contributed by atoms with van der Waals surface area (Å²) in [5.74, 6) is -0.286. The predicted octanol–water partition coefficient (Wildman–Crippen LogP) is 3.05. The van der Waals surface area contributed by atoms with Gasteiger partial charge in [-0.25, -0.2) is 0 Å². The molecule has 2 nitrogen and oxygen atoms in total. The molecule has 0 spiro atoms. The molecular weight excluding hydrogens is 239 g/mol. The first-order valence-electron chi connectivity index (χ1n) is 4.56. The van der Waals surface area contributed by atoms with Gasteiger partial charge in [-0.2, -0.15) is 13.2 Å². The molecule has 0 aromatic heterocycles. The van der Waals surface area contributed by atoms with E-state index in [9.17, 15) is 18.0 Å². The summed E-state index contributed by atoms with van der Waals surface area (Å²) in [6, 6.07) is 5.31. The Morgan fingerprint density at radius 2 is 1.88 bits per heavy atom. The highest BCUT2D eigenvalue weighted by Crippen LogP contribution is 2.36. The standard InChI is InChI=1S/C10H10F3NOS/c1-2-14-9(15)7-3-5-8(6-4-7)16-10(11,12)13/h3-6H,2H2,1H3,(H,14,15). The van der Waals surface area contributed by atoms with Crippen molar-refractivity contribution in [2.75, 3.05) is 6.54 Å². The van der Waals surface area contributed by atoms with Crippen LogP contribution in [0.2, 0.25) is 0 Å². The number of hydrogen-bond donors (Lipinski definition) is 1. The molecule has 0 atom stereocenters. The normalized spacial score (nSPS) is 11.2. The third-order valence-corrected chi connectivity index (χ3v) is 2.43. The van der Waals surface area contributed by atoms with Crippen LogP contribution < -0.4 is 5.32 Å². The number of rotatable bonds is 3. The SMILES string of the molecule is CCNC(=O)c1ccc(SC(F)(F)F)cc1. The molecule has 1 amide bonds. The number of nitrogens with one attached hydrogen (secondary N) is 1. The van der Waals surface area contributed by atoms with Crippen LogP contribution in [0.4, 0.5) is 13.2 Å². The lowest BCUT2D eigenvalue weighted by atomic mass is 10.2. The Hall–Kier alpha value is -1.17. The van der Waals surface area contributed by atoms with Gasteiger partial charge in [-0.3, -0.25) is 4.79 Å². The summed E-state index contributed by atoms with van der Waals surface area (Å²) in [6.45, 7) is 2.25. The number of carbonyl (C=O) groups excluding carboxylic acids is 1. The number of benzene rings is 1. The fourth-order valence-corrected chi connectivity index (χ4v) is 1.61. The smallest absolute Gasteiger partial charge is 0.352 e. The average Bonchev–Trinajstić information content (AvgIpc) is 2.16. The third kappa shape index (κ3) is 4.14. The van der Waals surface area contributed by atoms with Gasteiger partial charge < -0.3 is 5.32 Å². The Morgan fingerprint density at radius 3 is 2.31 bits per heavy atom. The molecule has 0 fully saturated rings. The van der Waals surface area contributed by atoms with Crippen LogP contribution in [0.1, 0.15) is 17.3 Å². The van der Waals surface area contributed by atoms with Crippen LogP contribution in [0.15, 0.2) is 29.2 Å². The van der Waals surface area contributed by atoms with Crippen LogP contribution in [0, 0.1) is 0 Å². The van der Waals surface area contributed by atoms with Crippen LogP contribution in [0.3, 0.4) is 0 Å². The van der Waals surface area contributed by atoms with Crippen molar-refractivity contribution in [2.24, 2.45) is 0 Å². The zero-order valence-electron chi connectivity index (χ0n) is 8.47.